The second-order valence-electron chi connectivity index (χ2n) is 4.82. The fourth-order valence-electron chi connectivity index (χ4n) is 2.44. The van der Waals surface area contributed by atoms with E-state index in [0.29, 0.717) is 10.6 Å². The highest BCUT2D eigenvalue weighted by atomic mass is 35.5. The van der Waals surface area contributed by atoms with Gasteiger partial charge in [-0.3, -0.25) is 4.98 Å². The Bertz CT molecular complexity index is 789. The van der Waals surface area contributed by atoms with Crippen molar-refractivity contribution in [2.45, 2.75) is 6.04 Å². The summed E-state index contributed by atoms with van der Waals surface area (Å²) in [6, 6.07) is 15.9. The maximum atomic E-state index is 13.5. The monoisotopic (exact) mass is 300 g/mol. The van der Waals surface area contributed by atoms with Crippen LogP contribution in [0.25, 0.3) is 10.9 Å². The van der Waals surface area contributed by atoms with Gasteiger partial charge in [-0.1, -0.05) is 35.9 Å². The Kier molecular flexibility index (Phi) is 3.86. The normalized spacial score (nSPS) is 12.5. The zero-order chi connectivity index (χ0) is 14.8. The van der Waals surface area contributed by atoms with Gasteiger partial charge in [-0.15, -0.1) is 0 Å². The van der Waals surface area contributed by atoms with Gasteiger partial charge in [0.1, 0.15) is 5.82 Å². The second-order valence-corrected chi connectivity index (χ2v) is 5.22. The largest absolute Gasteiger partial charge is 0.308 e. The molecule has 0 saturated carbocycles. The Balaban J connectivity index is 2.11. The van der Waals surface area contributed by atoms with Crippen molar-refractivity contribution in [3.8, 4) is 0 Å². The van der Waals surface area contributed by atoms with E-state index in [1.165, 1.54) is 12.1 Å². The van der Waals surface area contributed by atoms with Gasteiger partial charge < -0.3 is 5.32 Å². The molecule has 2 aromatic carbocycles. The van der Waals surface area contributed by atoms with Crippen LogP contribution in [0.3, 0.4) is 0 Å². The summed E-state index contributed by atoms with van der Waals surface area (Å²) in [6.07, 6.45) is 0. The summed E-state index contributed by atoms with van der Waals surface area (Å²) in [5.41, 5.74) is 2.40. The van der Waals surface area contributed by atoms with Crippen LogP contribution in [0, 0.1) is 5.82 Å². The highest BCUT2D eigenvalue weighted by Gasteiger charge is 2.17. The van der Waals surface area contributed by atoms with E-state index in [1.807, 2.05) is 43.4 Å². The molecule has 0 radical (unpaired) electrons. The van der Waals surface area contributed by atoms with Crippen LogP contribution >= 0.6 is 11.6 Å². The SMILES string of the molecule is CNC(c1ccc2ccccc2n1)c1cc(F)ccc1Cl. The molecule has 0 amide bonds. The van der Waals surface area contributed by atoms with E-state index < -0.39 is 0 Å². The molecule has 1 aromatic heterocycles. The van der Waals surface area contributed by atoms with E-state index in [4.69, 9.17) is 11.6 Å². The van der Waals surface area contributed by atoms with Gasteiger partial charge in [0.15, 0.2) is 0 Å². The van der Waals surface area contributed by atoms with Gasteiger partial charge in [0, 0.05) is 10.4 Å². The van der Waals surface area contributed by atoms with Crippen LogP contribution in [0.5, 0.6) is 0 Å². The van der Waals surface area contributed by atoms with E-state index in [9.17, 15) is 4.39 Å². The summed E-state index contributed by atoms with van der Waals surface area (Å²) in [5.74, 6) is -0.310. The molecule has 1 heterocycles. The van der Waals surface area contributed by atoms with Crippen molar-refractivity contribution >= 4 is 22.5 Å². The van der Waals surface area contributed by atoms with Gasteiger partial charge in [-0.05, 0) is 42.9 Å². The topological polar surface area (TPSA) is 24.9 Å². The number of rotatable bonds is 3. The molecule has 0 spiro atoms. The van der Waals surface area contributed by atoms with E-state index in [1.54, 1.807) is 6.07 Å². The maximum absolute atomic E-state index is 13.5. The van der Waals surface area contributed by atoms with E-state index >= 15 is 0 Å². The minimum absolute atomic E-state index is 0.252. The molecule has 1 atom stereocenters. The maximum Gasteiger partial charge on any atom is 0.123 e. The molecule has 0 aliphatic carbocycles. The molecule has 3 rings (SSSR count). The van der Waals surface area contributed by atoms with Crippen LogP contribution in [0.4, 0.5) is 4.39 Å². The number of hydrogen-bond donors (Lipinski definition) is 1. The Hall–Kier alpha value is -1.97. The van der Waals surface area contributed by atoms with Gasteiger partial charge in [-0.25, -0.2) is 4.39 Å². The molecule has 4 heteroatoms. The predicted octanol–water partition coefficient (Wildman–Crippen LogP) is 4.34. The molecule has 1 unspecified atom stereocenters. The summed E-state index contributed by atoms with van der Waals surface area (Å²) < 4.78 is 13.5. The van der Waals surface area contributed by atoms with Crippen molar-refractivity contribution in [3.05, 3.63) is 76.7 Å². The number of hydrogen-bond acceptors (Lipinski definition) is 2. The molecular formula is C17H14ClFN2. The van der Waals surface area contributed by atoms with E-state index in [0.717, 1.165) is 16.6 Å². The highest BCUT2D eigenvalue weighted by Crippen LogP contribution is 2.28. The number of halogens is 2. The van der Waals surface area contributed by atoms with Gasteiger partial charge in [0.05, 0.1) is 17.3 Å². The van der Waals surface area contributed by atoms with Crippen molar-refractivity contribution in [1.29, 1.82) is 0 Å². The lowest BCUT2D eigenvalue weighted by atomic mass is 10.0. The summed E-state index contributed by atoms with van der Waals surface area (Å²) in [4.78, 5) is 4.65. The number of benzene rings is 2. The van der Waals surface area contributed by atoms with Crippen LogP contribution < -0.4 is 5.32 Å². The molecule has 3 aromatic rings. The van der Waals surface area contributed by atoms with E-state index in [-0.39, 0.29) is 11.9 Å². The van der Waals surface area contributed by atoms with Crippen molar-refractivity contribution in [2.75, 3.05) is 7.05 Å². The Morgan fingerprint density at radius 3 is 2.71 bits per heavy atom. The highest BCUT2D eigenvalue weighted by molar-refractivity contribution is 6.31. The standard InChI is InChI=1S/C17H14ClFN2/c1-20-17(13-10-12(19)7-8-14(13)18)16-9-6-11-4-2-3-5-15(11)21-16/h2-10,17,20H,1H3. The lowest BCUT2D eigenvalue weighted by Gasteiger charge is -2.18. The summed E-state index contributed by atoms with van der Waals surface area (Å²) in [5, 5.41) is 4.74. The zero-order valence-corrected chi connectivity index (χ0v) is 12.2. The lowest BCUT2D eigenvalue weighted by molar-refractivity contribution is 0.614. The fourth-order valence-corrected chi connectivity index (χ4v) is 2.67. The summed E-state index contributed by atoms with van der Waals surface area (Å²) in [7, 11) is 1.81. The fraction of sp³-hybridized carbons (Fsp3) is 0.118. The van der Waals surface area contributed by atoms with Crippen LogP contribution in [-0.2, 0) is 0 Å². The number of aromatic nitrogens is 1. The molecular weight excluding hydrogens is 287 g/mol. The van der Waals surface area contributed by atoms with Crippen molar-refractivity contribution < 1.29 is 4.39 Å². The lowest BCUT2D eigenvalue weighted by Crippen LogP contribution is -2.19. The summed E-state index contributed by atoms with van der Waals surface area (Å²) in [6.45, 7) is 0. The summed E-state index contributed by atoms with van der Waals surface area (Å²) >= 11 is 6.20. The second kappa shape index (κ2) is 5.80. The van der Waals surface area contributed by atoms with Crippen molar-refractivity contribution in [3.63, 3.8) is 0 Å². The number of fused-ring (bicyclic) bond motifs is 1. The quantitative estimate of drug-likeness (QED) is 0.778. The number of pyridine rings is 1. The average molecular weight is 301 g/mol. The van der Waals surface area contributed by atoms with E-state index in [2.05, 4.69) is 10.3 Å². The first-order chi connectivity index (χ1) is 10.2. The molecule has 106 valence electrons. The number of nitrogens with zero attached hydrogens (tertiary/aromatic N) is 1. The smallest absolute Gasteiger partial charge is 0.123 e. The van der Waals surface area contributed by atoms with Gasteiger partial charge in [0.2, 0.25) is 0 Å². The van der Waals surface area contributed by atoms with Crippen LogP contribution in [0.2, 0.25) is 5.02 Å². The van der Waals surface area contributed by atoms with Crippen molar-refractivity contribution in [2.24, 2.45) is 0 Å². The third-order valence-corrected chi connectivity index (χ3v) is 3.82. The molecule has 2 nitrogen and oxygen atoms in total. The van der Waals surface area contributed by atoms with Gasteiger partial charge >= 0.3 is 0 Å². The third kappa shape index (κ3) is 2.75. The van der Waals surface area contributed by atoms with Gasteiger partial charge in [0.25, 0.3) is 0 Å². The van der Waals surface area contributed by atoms with Crippen LogP contribution in [0.1, 0.15) is 17.3 Å². The first-order valence-corrected chi connectivity index (χ1v) is 7.05. The first-order valence-electron chi connectivity index (χ1n) is 6.67. The third-order valence-electron chi connectivity index (χ3n) is 3.47. The Morgan fingerprint density at radius 1 is 1.10 bits per heavy atom. The molecule has 0 saturated heterocycles. The molecule has 0 aliphatic heterocycles. The Morgan fingerprint density at radius 2 is 1.90 bits per heavy atom. The van der Waals surface area contributed by atoms with Gasteiger partial charge in [-0.2, -0.15) is 0 Å². The number of nitrogens with one attached hydrogen (secondary N) is 1. The number of para-hydroxylation sites is 1. The average Bonchev–Trinajstić information content (AvgIpc) is 2.51. The first kappa shape index (κ1) is 14.0. The van der Waals surface area contributed by atoms with Crippen LogP contribution in [-0.4, -0.2) is 12.0 Å². The minimum Gasteiger partial charge on any atom is -0.308 e. The minimum atomic E-state index is -0.310. The molecule has 0 bridgehead atoms. The molecule has 1 N–H and O–H groups in total. The zero-order valence-electron chi connectivity index (χ0n) is 11.5. The Labute approximate surface area is 127 Å². The molecule has 0 fully saturated rings. The van der Waals surface area contributed by atoms with Crippen LogP contribution in [0.15, 0.2) is 54.6 Å². The van der Waals surface area contributed by atoms with Crippen molar-refractivity contribution in [1.82, 2.24) is 10.3 Å². The predicted molar refractivity (Wildman–Crippen MR) is 84.1 cm³/mol. The molecule has 0 aliphatic rings. The molecule has 21 heavy (non-hydrogen) atoms.